The highest BCUT2D eigenvalue weighted by Gasteiger charge is 2.72. The van der Waals surface area contributed by atoms with Gasteiger partial charge in [0.2, 0.25) is 5.00 Å². The summed E-state index contributed by atoms with van der Waals surface area (Å²) in [6, 6.07) is 0. The molecule has 0 bridgehead atoms. The van der Waals surface area contributed by atoms with E-state index in [0.29, 0.717) is 6.92 Å². The highest BCUT2D eigenvalue weighted by atomic mass is 32.3. The molecule has 3 unspecified atom stereocenters. The van der Waals surface area contributed by atoms with E-state index in [-0.39, 0.29) is 19.9 Å². The number of hydrogen-bond acceptors (Lipinski definition) is 2. The van der Waals surface area contributed by atoms with Crippen LogP contribution in [0.15, 0.2) is 24.8 Å². The van der Waals surface area contributed by atoms with Gasteiger partial charge in [-0.3, -0.25) is 0 Å². The second-order valence-corrected chi connectivity index (χ2v) is 6.73. The Morgan fingerprint density at radius 3 is 1.65 bits per heavy atom. The molecule has 20 heavy (non-hydrogen) atoms. The van der Waals surface area contributed by atoms with E-state index in [1.54, 1.807) is 0 Å². The van der Waals surface area contributed by atoms with Crippen LogP contribution in [0.5, 0.6) is 0 Å². The van der Waals surface area contributed by atoms with Crippen molar-refractivity contribution >= 4 is 10.2 Å². The largest absolute Gasteiger partial charge is 0.338 e. The molecule has 8 heteroatoms. The van der Waals surface area contributed by atoms with Gasteiger partial charge in [-0.2, -0.15) is 17.2 Å². The molecule has 0 aromatic heterocycles. The summed E-state index contributed by atoms with van der Waals surface area (Å²) in [5.41, 5.74) is -7.42. The van der Waals surface area contributed by atoms with Crippen LogP contribution in [0.25, 0.3) is 0 Å². The third-order valence-electron chi connectivity index (χ3n) is 4.03. The summed E-state index contributed by atoms with van der Waals surface area (Å²) in [5, 5.41) is -3.94. The lowest BCUT2D eigenvalue weighted by Gasteiger charge is -2.48. The van der Waals surface area contributed by atoms with Gasteiger partial charge in [-0.05, 0) is 33.8 Å². The van der Waals surface area contributed by atoms with Crippen molar-refractivity contribution in [3.05, 3.63) is 24.8 Å². The number of allylic oxidation sites excluding steroid dienone is 2. The van der Waals surface area contributed by atoms with Crippen molar-refractivity contribution in [3.63, 3.8) is 0 Å². The van der Waals surface area contributed by atoms with Gasteiger partial charge in [-0.15, -0.1) is 3.89 Å². The van der Waals surface area contributed by atoms with Gasteiger partial charge in [0.15, 0.2) is 5.67 Å². The van der Waals surface area contributed by atoms with E-state index in [4.69, 9.17) is 0 Å². The van der Waals surface area contributed by atoms with Crippen molar-refractivity contribution in [1.82, 2.24) is 0 Å². The third-order valence-corrected chi connectivity index (χ3v) is 5.35. The summed E-state index contributed by atoms with van der Waals surface area (Å²) in [4.78, 5) is 0. The normalized spacial score (nSPS) is 22.2. The molecule has 0 heterocycles. The Morgan fingerprint density at radius 2 is 1.45 bits per heavy atom. The fourth-order valence-electron chi connectivity index (χ4n) is 1.97. The summed E-state index contributed by atoms with van der Waals surface area (Å²) in [6.07, 6.45) is -0.0882. The highest BCUT2D eigenvalue weighted by molar-refractivity contribution is 7.87. The first-order valence-corrected chi connectivity index (χ1v) is 6.88. The fraction of sp³-hybridized carbons (Fsp3) is 0.667. The fourth-order valence-corrected chi connectivity index (χ4v) is 2.82. The Hall–Kier alpha value is -0.920. The Kier molecular flexibility index (Phi) is 4.60. The minimum absolute atomic E-state index is 0.0882. The molecule has 0 amide bonds. The summed E-state index contributed by atoms with van der Waals surface area (Å²) in [7, 11) is -5.99. The van der Waals surface area contributed by atoms with Crippen LogP contribution >= 0.6 is 0 Å². The van der Waals surface area contributed by atoms with Crippen LogP contribution in [0, 0.1) is 5.41 Å². The lowest BCUT2D eigenvalue weighted by molar-refractivity contribution is -0.166. The number of halogens is 5. The van der Waals surface area contributed by atoms with Gasteiger partial charge in [0.25, 0.3) is 5.92 Å². The maximum atomic E-state index is 14.6. The molecule has 0 saturated carbocycles. The van der Waals surface area contributed by atoms with Crippen LogP contribution in [0.3, 0.4) is 0 Å². The average molecular weight is 320 g/mol. The first-order chi connectivity index (χ1) is 8.50. The molecule has 0 saturated heterocycles. The van der Waals surface area contributed by atoms with Crippen LogP contribution in [0.4, 0.5) is 21.4 Å². The van der Waals surface area contributed by atoms with Gasteiger partial charge >= 0.3 is 10.2 Å². The first kappa shape index (κ1) is 19.1. The van der Waals surface area contributed by atoms with E-state index in [1.807, 2.05) is 0 Å². The zero-order chi connectivity index (χ0) is 16.8. The van der Waals surface area contributed by atoms with Crippen molar-refractivity contribution < 1.29 is 29.9 Å². The SMILES string of the molecule is C=CC(F)(F)C(C)(F)C(C)(C(=C)C)C(C)(F)S(=O)(=O)F. The average Bonchev–Trinajstić information content (AvgIpc) is 2.25. The predicted molar refractivity (Wildman–Crippen MR) is 67.1 cm³/mol. The minimum Gasteiger partial charge on any atom is -0.236 e. The van der Waals surface area contributed by atoms with Crippen molar-refractivity contribution in [2.75, 3.05) is 0 Å². The smallest absolute Gasteiger partial charge is 0.236 e. The van der Waals surface area contributed by atoms with Crippen molar-refractivity contribution in [2.24, 2.45) is 5.41 Å². The van der Waals surface area contributed by atoms with Gasteiger partial charge < -0.3 is 0 Å². The molecule has 3 atom stereocenters. The monoisotopic (exact) mass is 320 g/mol. The molecule has 0 spiro atoms. The first-order valence-electron chi connectivity index (χ1n) is 5.50. The van der Waals surface area contributed by atoms with E-state index in [0.717, 1.165) is 6.92 Å². The van der Waals surface area contributed by atoms with Gasteiger partial charge in [0.05, 0.1) is 5.41 Å². The van der Waals surface area contributed by atoms with Crippen LogP contribution < -0.4 is 0 Å². The Bertz CT molecular complexity index is 522. The van der Waals surface area contributed by atoms with Gasteiger partial charge in [-0.1, -0.05) is 18.7 Å². The Morgan fingerprint density at radius 1 is 1.10 bits per heavy atom. The molecule has 0 aromatic carbocycles. The molecule has 0 N–H and O–H groups in total. The molecule has 0 radical (unpaired) electrons. The minimum atomic E-state index is -5.99. The third kappa shape index (κ3) is 2.27. The lowest BCUT2D eigenvalue weighted by Crippen LogP contribution is -2.63. The van der Waals surface area contributed by atoms with Crippen LogP contribution in [0.1, 0.15) is 27.7 Å². The molecule has 0 aliphatic rings. The Balaban J connectivity index is 6.58. The maximum absolute atomic E-state index is 14.6. The zero-order valence-electron chi connectivity index (χ0n) is 11.6. The molecule has 2 nitrogen and oxygen atoms in total. The summed E-state index contributed by atoms with van der Waals surface area (Å²) in [5.74, 6) is -4.31. The number of rotatable bonds is 6. The molecular formula is C12H17F5O2S. The van der Waals surface area contributed by atoms with E-state index in [9.17, 15) is 29.9 Å². The molecule has 0 rings (SSSR count). The van der Waals surface area contributed by atoms with Crippen LogP contribution in [-0.2, 0) is 10.2 Å². The second-order valence-electron chi connectivity index (χ2n) is 5.09. The van der Waals surface area contributed by atoms with Gasteiger partial charge in [-0.25, -0.2) is 8.78 Å². The molecule has 0 fully saturated rings. The zero-order valence-corrected chi connectivity index (χ0v) is 12.4. The summed E-state index contributed by atoms with van der Waals surface area (Å²) < 4.78 is 91.5. The van der Waals surface area contributed by atoms with Crippen molar-refractivity contribution in [1.29, 1.82) is 0 Å². The van der Waals surface area contributed by atoms with E-state index >= 15 is 0 Å². The van der Waals surface area contributed by atoms with Crippen molar-refractivity contribution in [2.45, 2.75) is 44.3 Å². The summed E-state index contributed by atoms with van der Waals surface area (Å²) in [6.45, 7) is 7.84. The molecule has 0 aliphatic heterocycles. The van der Waals surface area contributed by atoms with E-state index in [2.05, 4.69) is 13.2 Å². The van der Waals surface area contributed by atoms with Crippen molar-refractivity contribution in [3.8, 4) is 0 Å². The van der Waals surface area contributed by atoms with Crippen LogP contribution in [0.2, 0.25) is 0 Å². The molecule has 0 aromatic rings. The molecular weight excluding hydrogens is 303 g/mol. The molecule has 0 aliphatic carbocycles. The van der Waals surface area contributed by atoms with E-state index < -0.39 is 37.8 Å². The van der Waals surface area contributed by atoms with Gasteiger partial charge in [0, 0.05) is 0 Å². The number of hydrogen-bond donors (Lipinski definition) is 0. The quantitative estimate of drug-likeness (QED) is 0.419. The highest BCUT2D eigenvalue weighted by Crippen LogP contribution is 2.58. The summed E-state index contributed by atoms with van der Waals surface area (Å²) >= 11 is 0. The van der Waals surface area contributed by atoms with Crippen LogP contribution in [-0.4, -0.2) is 25.0 Å². The van der Waals surface area contributed by atoms with Gasteiger partial charge in [0.1, 0.15) is 0 Å². The molecule has 118 valence electrons. The topological polar surface area (TPSA) is 34.1 Å². The second kappa shape index (κ2) is 4.82. The Labute approximate surface area is 115 Å². The van der Waals surface area contributed by atoms with E-state index in [1.165, 1.54) is 0 Å². The number of alkyl halides is 4. The predicted octanol–water partition coefficient (Wildman–Crippen LogP) is 4.10. The maximum Gasteiger partial charge on any atom is 0.338 e. The standard InChI is InChI=1S/C12H17F5O2S/c1-7-12(15,16)10(5,13)9(4,8(2)3)11(6,14)20(17,18)19/h7H,1-2H2,3-6H3. The lowest BCUT2D eigenvalue weighted by atomic mass is 9.65.